The van der Waals surface area contributed by atoms with E-state index in [9.17, 15) is 0 Å². The molecular formula is C21H21N3O2. The average Bonchev–Trinajstić information content (AvgIpc) is 2.92. The van der Waals surface area contributed by atoms with E-state index in [1.807, 2.05) is 42.5 Å². The van der Waals surface area contributed by atoms with Crippen LogP contribution in [0, 0.1) is 0 Å². The molecule has 3 aromatic rings. The SMILES string of the molecule is c1ccc(Cc2nccc(NCc3ccc4c(c3)OCCCO4)n2)cc1. The van der Waals surface area contributed by atoms with Crippen LogP contribution in [0.25, 0.3) is 0 Å². The number of hydrogen-bond donors (Lipinski definition) is 1. The largest absolute Gasteiger partial charge is 0.490 e. The molecule has 1 aliphatic rings. The first-order valence-electron chi connectivity index (χ1n) is 8.85. The number of nitrogens with zero attached hydrogens (tertiary/aromatic N) is 2. The Balaban J connectivity index is 1.42. The predicted octanol–water partition coefficient (Wildman–Crippen LogP) is 3.84. The molecule has 132 valence electrons. The van der Waals surface area contributed by atoms with Crippen LogP contribution in [0.3, 0.4) is 0 Å². The number of aromatic nitrogens is 2. The lowest BCUT2D eigenvalue weighted by Gasteiger charge is -2.11. The lowest BCUT2D eigenvalue weighted by atomic mass is 10.1. The molecule has 0 saturated heterocycles. The van der Waals surface area contributed by atoms with Crippen LogP contribution in [0.4, 0.5) is 5.82 Å². The molecular weight excluding hydrogens is 326 g/mol. The van der Waals surface area contributed by atoms with Crippen molar-refractivity contribution >= 4 is 5.82 Å². The van der Waals surface area contributed by atoms with Crippen LogP contribution in [0.2, 0.25) is 0 Å². The Labute approximate surface area is 153 Å². The molecule has 0 bridgehead atoms. The monoisotopic (exact) mass is 347 g/mol. The van der Waals surface area contributed by atoms with Gasteiger partial charge in [-0.2, -0.15) is 0 Å². The Morgan fingerprint density at radius 1 is 0.885 bits per heavy atom. The number of hydrogen-bond acceptors (Lipinski definition) is 5. The van der Waals surface area contributed by atoms with Gasteiger partial charge in [-0.1, -0.05) is 36.4 Å². The van der Waals surface area contributed by atoms with Crippen LogP contribution in [-0.4, -0.2) is 23.2 Å². The average molecular weight is 347 g/mol. The summed E-state index contributed by atoms with van der Waals surface area (Å²) >= 11 is 0. The van der Waals surface area contributed by atoms with Crippen molar-refractivity contribution in [2.24, 2.45) is 0 Å². The van der Waals surface area contributed by atoms with Gasteiger partial charge < -0.3 is 14.8 Å². The summed E-state index contributed by atoms with van der Waals surface area (Å²) in [5.74, 6) is 3.26. The molecule has 5 nitrogen and oxygen atoms in total. The predicted molar refractivity (Wildman–Crippen MR) is 101 cm³/mol. The third-order valence-electron chi connectivity index (χ3n) is 4.20. The topological polar surface area (TPSA) is 56.3 Å². The molecule has 0 unspecified atom stereocenters. The third-order valence-corrected chi connectivity index (χ3v) is 4.20. The van der Waals surface area contributed by atoms with Gasteiger partial charge in [-0.25, -0.2) is 9.97 Å². The molecule has 1 N–H and O–H groups in total. The number of fused-ring (bicyclic) bond motifs is 1. The van der Waals surface area contributed by atoms with Crippen molar-refractivity contribution in [3.05, 3.63) is 77.7 Å². The summed E-state index contributed by atoms with van der Waals surface area (Å²) in [5, 5.41) is 3.36. The molecule has 0 atom stereocenters. The van der Waals surface area contributed by atoms with Crippen molar-refractivity contribution < 1.29 is 9.47 Å². The highest BCUT2D eigenvalue weighted by Crippen LogP contribution is 2.30. The zero-order chi connectivity index (χ0) is 17.6. The second kappa shape index (κ2) is 7.87. The maximum Gasteiger partial charge on any atom is 0.161 e. The lowest BCUT2D eigenvalue weighted by Crippen LogP contribution is -2.05. The van der Waals surface area contributed by atoms with Crippen molar-refractivity contribution in [3.63, 3.8) is 0 Å². The van der Waals surface area contributed by atoms with Crippen LogP contribution < -0.4 is 14.8 Å². The smallest absolute Gasteiger partial charge is 0.161 e. The molecule has 2 heterocycles. The summed E-state index contributed by atoms with van der Waals surface area (Å²) in [6.07, 6.45) is 3.43. The molecule has 1 aromatic heterocycles. The summed E-state index contributed by atoms with van der Waals surface area (Å²) in [5.41, 5.74) is 2.32. The maximum absolute atomic E-state index is 5.75. The van der Waals surface area contributed by atoms with Gasteiger partial charge in [-0.05, 0) is 29.3 Å². The quantitative estimate of drug-likeness (QED) is 0.760. The number of rotatable bonds is 5. The summed E-state index contributed by atoms with van der Waals surface area (Å²) in [7, 11) is 0. The van der Waals surface area contributed by atoms with Crippen molar-refractivity contribution in [2.45, 2.75) is 19.4 Å². The fourth-order valence-corrected chi connectivity index (χ4v) is 2.87. The van der Waals surface area contributed by atoms with Crippen LogP contribution in [0.15, 0.2) is 60.8 Å². The van der Waals surface area contributed by atoms with Crippen LogP contribution in [0.1, 0.15) is 23.4 Å². The van der Waals surface area contributed by atoms with Crippen molar-refractivity contribution in [1.29, 1.82) is 0 Å². The lowest BCUT2D eigenvalue weighted by molar-refractivity contribution is 0.297. The van der Waals surface area contributed by atoms with Gasteiger partial charge in [0.2, 0.25) is 0 Å². The van der Waals surface area contributed by atoms with Gasteiger partial charge in [-0.15, -0.1) is 0 Å². The highest BCUT2D eigenvalue weighted by Gasteiger charge is 2.10. The van der Waals surface area contributed by atoms with Gasteiger partial charge in [0.05, 0.1) is 13.2 Å². The van der Waals surface area contributed by atoms with E-state index >= 15 is 0 Å². The van der Waals surface area contributed by atoms with Gasteiger partial charge >= 0.3 is 0 Å². The van der Waals surface area contributed by atoms with Crippen LogP contribution in [0.5, 0.6) is 11.5 Å². The molecule has 26 heavy (non-hydrogen) atoms. The fourth-order valence-electron chi connectivity index (χ4n) is 2.87. The number of nitrogens with one attached hydrogen (secondary N) is 1. The minimum Gasteiger partial charge on any atom is -0.490 e. The highest BCUT2D eigenvalue weighted by molar-refractivity contribution is 5.45. The molecule has 0 fully saturated rings. The van der Waals surface area contributed by atoms with E-state index in [2.05, 4.69) is 27.4 Å². The normalized spacial score (nSPS) is 13.1. The Kier molecular flexibility index (Phi) is 4.96. The Morgan fingerprint density at radius 2 is 1.73 bits per heavy atom. The molecule has 0 radical (unpaired) electrons. The van der Waals surface area contributed by atoms with Gasteiger partial charge in [-0.3, -0.25) is 0 Å². The molecule has 0 spiro atoms. The summed E-state index contributed by atoms with van der Waals surface area (Å²) in [6, 6.07) is 18.2. The highest BCUT2D eigenvalue weighted by atomic mass is 16.5. The zero-order valence-corrected chi connectivity index (χ0v) is 14.5. The zero-order valence-electron chi connectivity index (χ0n) is 14.5. The first kappa shape index (κ1) is 16.4. The van der Waals surface area contributed by atoms with E-state index in [0.717, 1.165) is 41.5 Å². The Morgan fingerprint density at radius 3 is 2.62 bits per heavy atom. The maximum atomic E-state index is 5.75. The fraction of sp³-hybridized carbons (Fsp3) is 0.238. The van der Waals surface area contributed by atoms with Gasteiger partial charge in [0, 0.05) is 25.6 Å². The van der Waals surface area contributed by atoms with E-state index < -0.39 is 0 Å². The summed E-state index contributed by atoms with van der Waals surface area (Å²) in [6.45, 7) is 2.06. The number of ether oxygens (including phenoxy) is 2. The van der Waals surface area contributed by atoms with Crippen LogP contribution in [-0.2, 0) is 13.0 Å². The molecule has 0 amide bonds. The first-order chi connectivity index (χ1) is 12.9. The summed E-state index contributed by atoms with van der Waals surface area (Å²) < 4.78 is 11.4. The Hall–Kier alpha value is -3.08. The van der Waals surface area contributed by atoms with Gasteiger partial charge in [0.15, 0.2) is 11.5 Å². The minimum absolute atomic E-state index is 0.665. The van der Waals surface area contributed by atoms with E-state index in [-0.39, 0.29) is 0 Å². The van der Waals surface area contributed by atoms with E-state index in [0.29, 0.717) is 19.8 Å². The van der Waals surface area contributed by atoms with Crippen molar-refractivity contribution in [3.8, 4) is 11.5 Å². The second-order valence-corrected chi connectivity index (χ2v) is 6.21. The van der Waals surface area contributed by atoms with Crippen LogP contribution >= 0.6 is 0 Å². The summed E-state index contributed by atoms with van der Waals surface area (Å²) in [4.78, 5) is 8.98. The van der Waals surface area contributed by atoms with E-state index in [1.165, 1.54) is 5.56 Å². The van der Waals surface area contributed by atoms with Crippen molar-refractivity contribution in [2.75, 3.05) is 18.5 Å². The first-order valence-corrected chi connectivity index (χ1v) is 8.85. The van der Waals surface area contributed by atoms with Gasteiger partial charge in [0.25, 0.3) is 0 Å². The van der Waals surface area contributed by atoms with Gasteiger partial charge in [0.1, 0.15) is 11.6 Å². The second-order valence-electron chi connectivity index (χ2n) is 6.21. The third kappa shape index (κ3) is 4.11. The molecule has 1 aliphatic heterocycles. The molecule has 0 saturated carbocycles. The molecule has 4 rings (SSSR count). The molecule has 0 aliphatic carbocycles. The van der Waals surface area contributed by atoms with E-state index in [4.69, 9.17) is 9.47 Å². The Bertz CT molecular complexity index is 868. The molecule has 5 heteroatoms. The minimum atomic E-state index is 0.665. The number of anilines is 1. The van der Waals surface area contributed by atoms with E-state index in [1.54, 1.807) is 6.20 Å². The molecule has 2 aromatic carbocycles. The van der Waals surface area contributed by atoms with Crippen molar-refractivity contribution in [1.82, 2.24) is 9.97 Å². The number of benzene rings is 2. The standard InChI is InChI=1S/C21H21N3O2/c1-2-5-16(6-3-1)14-21-22-10-9-20(24-21)23-15-17-7-8-18-19(13-17)26-12-4-11-25-18/h1-3,5-10,13H,4,11-12,14-15H2,(H,22,23,24).